The average molecular weight is 229 g/mol. The molecule has 0 radical (unpaired) electrons. The van der Waals surface area contributed by atoms with Gasteiger partial charge in [0.2, 0.25) is 5.91 Å². The highest BCUT2D eigenvalue weighted by Gasteiger charge is 2.26. The third kappa shape index (κ3) is 3.49. The molecule has 1 rings (SSSR count). The Bertz CT molecular complexity index is 379. The van der Waals surface area contributed by atoms with Gasteiger partial charge in [0.05, 0.1) is 12.1 Å². The van der Waals surface area contributed by atoms with E-state index in [1.165, 1.54) is 6.07 Å². The van der Waals surface area contributed by atoms with E-state index < -0.39 is 18.3 Å². The quantitative estimate of drug-likeness (QED) is 0.783. The van der Waals surface area contributed by atoms with E-state index in [2.05, 4.69) is 5.32 Å². The number of phenolic OH excluding ortho intramolecular Hbond substituents is 1. The van der Waals surface area contributed by atoms with Crippen molar-refractivity contribution in [2.24, 2.45) is 0 Å². The van der Waals surface area contributed by atoms with Crippen molar-refractivity contribution in [1.82, 2.24) is 0 Å². The van der Waals surface area contributed by atoms with Gasteiger partial charge in [0.25, 0.3) is 5.92 Å². The lowest BCUT2D eigenvalue weighted by Crippen LogP contribution is -2.22. The molecule has 88 valence electrons. The molecule has 0 unspecified atom stereocenters. The fraction of sp³-hybridized carbons (Fsp3) is 0.364. The number of amides is 1. The number of carbonyl (C=O) groups is 1. The van der Waals surface area contributed by atoms with Crippen LogP contribution in [0.25, 0.3) is 0 Å². The van der Waals surface area contributed by atoms with E-state index in [9.17, 15) is 18.7 Å². The number of hydrogen-bond donors (Lipinski definition) is 2. The Morgan fingerprint density at radius 3 is 2.62 bits per heavy atom. The summed E-state index contributed by atoms with van der Waals surface area (Å²) in [4.78, 5) is 11.2. The van der Waals surface area contributed by atoms with Crippen LogP contribution >= 0.6 is 0 Å². The molecular formula is C11H13F2NO2. The minimum Gasteiger partial charge on any atom is -0.506 e. The van der Waals surface area contributed by atoms with Crippen LogP contribution in [-0.4, -0.2) is 16.9 Å². The first kappa shape index (κ1) is 12.4. The maximum Gasteiger partial charge on any atom is 0.254 e. The van der Waals surface area contributed by atoms with Gasteiger partial charge in [-0.25, -0.2) is 8.78 Å². The van der Waals surface area contributed by atoms with Crippen molar-refractivity contribution in [2.45, 2.75) is 26.2 Å². The lowest BCUT2D eigenvalue weighted by molar-refractivity contribution is -0.122. The molecule has 1 aromatic carbocycles. The Morgan fingerprint density at radius 1 is 1.50 bits per heavy atom. The Morgan fingerprint density at radius 2 is 2.12 bits per heavy atom. The third-order valence-corrected chi connectivity index (χ3v) is 1.99. The number of aryl methyl sites for hydroxylation is 1. The number of para-hydroxylation sites is 1. The first-order valence-corrected chi connectivity index (χ1v) is 4.76. The Balaban J connectivity index is 2.78. The SMILES string of the molecule is Cc1cccc(O)c1NC(=O)CC(C)(F)F. The van der Waals surface area contributed by atoms with E-state index in [1.54, 1.807) is 19.1 Å². The Labute approximate surface area is 92.1 Å². The zero-order valence-electron chi connectivity index (χ0n) is 9.05. The molecule has 0 aromatic heterocycles. The molecule has 0 bridgehead atoms. The van der Waals surface area contributed by atoms with E-state index in [0.717, 1.165) is 0 Å². The molecule has 1 aromatic rings. The van der Waals surface area contributed by atoms with Gasteiger partial charge in [0.1, 0.15) is 5.75 Å². The van der Waals surface area contributed by atoms with Gasteiger partial charge in [-0.05, 0) is 25.5 Å². The Hall–Kier alpha value is -1.65. The monoisotopic (exact) mass is 229 g/mol. The highest BCUT2D eigenvalue weighted by atomic mass is 19.3. The van der Waals surface area contributed by atoms with Crippen molar-refractivity contribution < 1.29 is 18.7 Å². The standard InChI is InChI=1S/C11H13F2NO2/c1-7-4-3-5-8(15)10(7)14-9(16)6-11(2,12)13/h3-5,15H,6H2,1-2H3,(H,14,16). The molecular weight excluding hydrogens is 216 g/mol. The summed E-state index contributed by atoms with van der Waals surface area (Å²) in [5.41, 5.74) is 0.796. The Kier molecular flexibility index (Phi) is 3.47. The second-order valence-corrected chi connectivity index (χ2v) is 3.76. The van der Waals surface area contributed by atoms with Gasteiger partial charge in [0, 0.05) is 0 Å². The number of halogens is 2. The summed E-state index contributed by atoms with van der Waals surface area (Å²) in [6.45, 7) is 2.34. The van der Waals surface area contributed by atoms with E-state index in [4.69, 9.17) is 0 Å². The number of rotatable bonds is 3. The molecule has 2 N–H and O–H groups in total. The molecule has 0 aliphatic carbocycles. The highest BCUT2D eigenvalue weighted by Crippen LogP contribution is 2.27. The fourth-order valence-electron chi connectivity index (χ4n) is 1.28. The van der Waals surface area contributed by atoms with E-state index >= 15 is 0 Å². The molecule has 3 nitrogen and oxygen atoms in total. The van der Waals surface area contributed by atoms with Crippen LogP contribution in [0.4, 0.5) is 14.5 Å². The van der Waals surface area contributed by atoms with E-state index in [1.807, 2.05) is 0 Å². The van der Waals surface area contributed by atoms with Gasteiger partial charge in [-0.15, -0.1) is 0 Å². The van der Waals surface area contributed by atoms with Crippen molar-refractivity contribution >= 4 is 11.6 Å². The number of phenols is 1. The first-order chi connectivity index (χ1) is 7.29. The van der Waals surface area contributed by atoms with Gasteiger partial charge in [-0.3, -0.25) is 4.79 Å². The smallest absolute Gasteiger partial charge is 0.254 e. The molecule has 0 aliphatic heterocycles. The molecule has 0 spiro atoms. The molecule has 16 heavy (non-hydrogen) atoms. The first-order valence-electron chi connectivity index (χ1n) is 4.76. The van der Waals surface area contributed by atoms with Gasteiger partial charge in [-0.2, -0.15) is 0 Å². The zero-order valence-corrected chi connectivity index (χ0v) is 9.05. The van der Waals surface area contributed by atoms with Crippen molar-refractivity contribution in [3.05, 3.63) is 23.8 Å². The summed E-state index contributed by atoms with van der Waals surface area (Å²) in [6, 6.07) is 4.65. The number of carbonyl (C=O) groups excluding carboxylic acids is 1. The van der Waals surface area contributed by atoms with Crippen molar-refractivity contribution in [2.75, 3.05) is 5.32 Å². The van der Waals surface area contributed by atoms with Crippen LogP contribution in [0.15, 0.2) is 18.2 Å². The molecule has 0 heterocycles. The van der Waals surface area contributed by atoms with Crippen LogP contribution in [0.3, 0.4) is 0 Å². The molecule has 5 heteroatoms. The van der Waals surface area contributed by atoms with E-state index in [-0.39, 0.29) is 11.4 Å². The van der Waals surface area contributed by atoms with Gasteiger partial charge >= 0.3 is 0 Å². The number of alkyl halides is 2. The number of anilines is 1. The summed E-state index contributed by atoms with van der Waals surface area (Å²) >= 11 is 0. The molecule has 0 fully saturated rings. The molecule has 1 amide bonds. The van der Waals surface area contributed by atoms with Gasteiger partial charge in [0.15, 0.2) is 0 Å². The second kappa shape index (κ2) is 4.47. The molecule has 0 saturated heterocycles. The zero-order chi connectivity index (χ0) is 12.3. The third-order valence-electron chi connectivity index (χ3n) is 1.99. The number of aromatic hydroxyl groups is 1. The normalized spacial score (nSPS) is 11.2. The summed E-state index contributed by atoms with van der Waals surface area (Å²) in [6.07, 6.45) is -0.902. The van der Waals surface area contributed by atoms with Crippen molar-refractivity contribution in [3.8, 4) is 5.75 Å². The second-order valence-electron chi connectivity index (χ2n) is 3.76. The lowest BCUT2D eigenvalue weighted by atomic mass is 10.1. The van der Waals surface area contributed by atoms with Gasteiger partial charge in [-0.1, -0.05) is 12.1 Å². The molecule has 0 saturated carbocycles. The van der Waals surface area contributed by atoms with Crippen LogP contribution in [-0.2, 0) is 4.79 Å². The average Bonchev–Trinajstić information content (AvgIpc) is 2.08. The van der Waals surface area contributed by atoms with Crippen molar-refractivity contribution in [1.29, 1.82) is 0 Å². The highest BCUT2D eigenvalue weighted by molar-refractivity contribution is 5.93. The maximum absolute atomic E-state index is 12.6. The van der Waals surface area contributed by atoms with Crippen LogP contribution in [0, 0.1) is 6.92 Å². The number of hydrogen-bond acceptors (Lipinski definition) is 2. The largest absolute Gasteiger partial charge is 0.506 e. The van der Waals surface area contributed by atoms with Crippen LogP contribution in [0.5, 0.6) is 5.75 Å². The topological polar surface area (TPSA) is 49.3 Å². The van der Waals surface area contributed by atoms with Gasteiger partial charge < -0.3 is 10.4 Å². The summed E-state index contributed by atoms with van der Waals surface area (Å²) in [5, 5.41) is 11.7. The summed E-state index contributed by atoms with van der Waals surface area (Å²) in [7, 11) is 0. The lowest BCUT2D eigenvalue weighted by Gasteiger charge is -2.12. The summed E-state index contributed by atoms with van der Waals surface area (Å²) in [5.74, 6) is -4.01. The maximum atomic E-state index is 12.6. The predicted molar refractivity (Wildman–Crippen MR) is 56.7 cm³/mol. The number of benzene rings is 1. The number of nitrogens with one attached hydrogen (secondary N) is 1. The fourth-order valence-corrected chi connectivity index (χ4v) is 1.28. The van der Waals surface area contributed by atoms with Crippen LogP contribution in [0.1, 0.15) is 18.9 Å². The molecule has 0 atom stereocenters. The van der Waals surface area contributed by atoms with E-state index in [0.29, 0.717) is 12.5 Å². The van der Waals surface area contributed by atoms with Crippen LogP contribution < -0.4 is 5.32 Å². The predicted octanol–water partition coefficient (Wildman–Crippen LogP) is 2.68. The minimum absolute atomic E-state index is 0.132. The minimum atomic E-state index is -3.05. The van der Waals surface area contributed by atoms with Crippen LogP contribution in [0.2, 0.25) is 0 Å². The van der Waals surface area contributed by atoms with Crippen molar-refractivity contribution in [3.63, 3.8) is 0 Å². The summed E-state index contributed by atoms with van der Waals surface area (Å²) < 4.78 is 25.1. The molecule has 0 aliphatic rings.